The number of hydrogen-bond acceptors (Lipinski definition) is 4. The van der Waals surface area contributed by atoms with E-state index in [4.69, 9.17) is 15.2 Å². The number of carbonyl (C=O) groups excluding carboxylic acids is 1. The predicted molar refractivity (Wildman–Crippen MR) is 97.9 cm³/mol. The molecule has 1 amide bonds. The van der Waals surface area contributed by atoms with Gasteiger partial charge in [0.15, 0.2) is 11.5 Å². The summed E-state index contributed by atoms with van der Waals surface area (Å²) in [7, 11) is 0. The highest BCUT2D eigenvalue weighted by atomic mass is 35.5. The molecule has 1 heterocycles. The van der Waals surface area contributed by atoms with Crippen molar-refractivity contribution in [2.75, 3.05) is 6.79 Å². The fraction of sp³-hybridized carbons (Fsp3) is 0.632. The lowest BCUT2D eigenvalue weighted by Gasteiger charge is -2.43. The second-order valence-corrected chi connectivity index (χ2v) is 7.54. The number of hydrogen-bond donors (Lipinski definition) is 2. The van der Waals surface area contributed by atoms with E-state index in [0.717, 1.165) is 29.9 Å². The van der Waals surface area contributed by atoms with Gasteiger partial charge in [-0.2, -0.15) is 0 Å². The molecule has 1 aliphatic heterocycles. The lowest BCUT2D eigenvalue weighted by molar-refractivity contribution is -0.128. The van der Waals surface area contributed by atoms with Crippen LogP contribution >= 0.6 is 12.4 Å². The Bertz CT molecular complexity index is 625. The van der Waals surface area contributed by atoms with Gasteiger partial charge in [-0.05, 0) is 62.1 Å². The van der Waals surface area contributed by atoms with Crippen LogP contribution in [0.1, 0.15) is 50.6 Å². The van der Waals surface area contributed by atoms with Crippen LogP contribution in [-0.2, 0) is 4.79 Å². The Kier molecular flexibility index (Phi) is 5.44. The van der Waals surface area contributed by atoms with Crippen molar-refractivity contribution in [3.8, 4) is 11.5 Å². The van der Waals surface area contributed by atoms with Crippen molar-refractivity contribution >= 4 is 18.3 Å². The number of nitrogens with two attached hydrogens (primary N) is 1. The van der Waals surface area contributed by atoms with Crippen LogP contribution in [0.15, 0.2) is 18.2 Å². The van der Waals surface area contributed by atoms with Crippen molar-refractivity contribution in [2.24, 2.45) is 23.5 Å². The number of amides is 1. The minimum Gasteiger partial charge on any atom is -0.454 e. The maximum Gasteiger partial charge on any atom is 0.231 e. The average molecular weight is 367 g/mol. The summed E-state index contributed by atoms with van der Waals surface area (Å²) in [4.78, 5) is 12.7. The van der Waals surface area contributed by atoms with Gasteiger partial charge in [-0.25, -0.2) is 0 Å². The summed E-state index contributed by atoms with van der Waals surface area (Å²) in [5.74, 6) is 2.85. The van der Waals surface area contributed by atoms with E-state index < -0.39 is 0 Å². The molecule has 2 saturated carbocycles. The maximum atomic E-state index is 12.7. The normalized spacial score (nSPS) is 31.0. The summed E-state index contributed by atoms with van der Waals surface area (Å²) in [5.41, 5.74) is 7.38. The number of carbonyl (C=O) groups is 1. The van der Waals surface area contributed by atoms with Gasteiger partial charge in [-0.3, -0.25) is 4.79 Å². The van der Waals surface area contributed by atoms with Gasteiger partial charge in [0.1, 0.15) is 0 Å². The highest BCUT2D eigenvalue weighted by Crippen LogP contribution is 2.42. The van der Waals surface area contributed by atoms with Crippen molar-refractivity contribution in [2.45, 2.75) is 51.1 Å². The molecule has 3 atom stereocenters. The number of rotatable bonds is 3. The third-order valence-corrected chi connectivity index (χ3v) is 6.04. The molecule has 1 aromatic carbocycles. The van der Waals surface area contributed by atoms with Crippen molar-refractivity contribution in [1.82, 2.24) is 5.32 Å². The van der Waals surface area contributed by atoms with E-state index in [1.54, 1.807) is 0 Å². The van der Waals surface area contributed by atoms with Crippen molar-refractivity contribution in [3.05, 3.63) is 23.8 Å². The van der Waals surface area contributed by atoms with E-state index in [2.05, 4.69) is 5.32 Å². The molecule has 4 rings (SSSR count). The first-order chi connectivity index (χ1) is 11.6. The lowest BCUT2D eigenvalue weighted by Crippen LogP contribution is -2.49. The Morgan fingerprint density at radius 2 is 1.88 bits per heavy atom. The van der Waals surface area contributed by atoms with Gasteiger partial charge in [0, 0.05) is 12.0 Å². The van der Waals surface area contributed by atoms with E-state index in [1.807, 2.05) is 25.1 Å². The zero-order valence-corrected chi connectivity index (χ0v) is 15.4. The zero-order chi connectivity index (χ0) is 16.7. The second kappa shape index (κ2) is 7.42. The molecule has 1 aromatic rings. The Morgan fingerprint density at radius 1 is 1.20 bits per heavy atom. The Balaban J connectivity index is 0.00000182. The van der Waals surface area contributed by atoms with E-state index in [-0.39, 0.29) is 37.1 Å². The Morgan fingerprint density at radius 3 is 2.60 bits per heavy atom. The van der Waals surface area contributed by atoms with E-state index >= 15 is 0 Å². The minimum atomic E-state index is -0.0394. The molecule has 6 heteroatoms. The monoisotopic (exact) mass is 366 g/mol. The molecule has 5 nitrogen and oxygen atoms in total. The van der Waals surface area contributed by atoms with Crippen LogP contribution in [0.3, 0.4) is 0 Å². The van der Waals surface area contributed by atoms with Gasteiger partial charge in [-0.1, -0.05) is 12.5 Å². The lowest BCUT2D eigenvalue weighted by atomic mass is 9.65. The maximum absolute atomic E-state index is 12.7. The summed E-state index contributed by atoms with van der Waals surface area (Å²) in [6.45, 7) is 2.29. The third kappa shape index (κ3) is 3.58. The first-order valence-electron chi connectivity index (χ1n) is 9.07. The number of nitrogens with one attached hydrogen (secondary N) is 1. The van der Waals surface area contributed by atoms with Gasteiger partial charge in [-0.15, -0.1) is 12.4 Å². The quantitative estimate of drug-likeness (QED) is 0.861. The molecule has 0 radical (unpaired) electrons. The molecule has 138 valence electrons. The Hall–Kier alpha value is -1.46. The largest absolute Gasteiger partial charge is 0.454 e. The van der Waals surface area contributed by atoms with E-state index in [0.29, 0.717) is 17.9 Å². The molecule has 3 aliphatic rings. The first kappa shape index (κ1) is 18.3. The van der Waals surface area contributed by atoms with Crippen LogP contribution in [0.5, 0.6) is 11.5 Å². The van der Waals surface area contributed by atoms with Crippen LogP contribution in [0.2, 0.25) is 0 Å². The molecule has 25 heavy (non-hydrogen) atoms. The highest BCUT2D eigenvalue weighted by Gasteiger charge is 2.40. The van der Waals surface area contributed by atoms with Gasteiger partial charge >= 0.3 is 0 Å². The van der Waals surface area contributed by atoms with Crippen molar-refractivity contribution in [1.29, 1.82) is 0 Å². The summed E-state index contributed by atoms with van der Waals surface area (Å²) in [5, 5.41) is 3.19. The van der Waals surface area contributed by atoms with Crippen LogP contribution in [0.4, 0.5) is 0 Å². The Labute approximate surface area is 155 Å². The van der Waals surface area contributed by atoms with Crippen molar-refractivity contribution in [3.63, 3.8) is 0 Å². The molecule has 0 spiro atoms. The molecular weight excluding hydrogens is 340 g/mol. The highest BCUT2D eigenvalue weighted by molar-refractivity contribution is 5.85. The zero-order valence-electron chi connectivity index (χ0n) is 14.6. The topological polar surface area (TPSA) is 73.6 Å². The van der Waals surface area contributed by atoms with Gasteiger partial charge in [0.2, 0.25) is 12.7 Å². The summed E-state index contributed by atoms with van der Waals surface area (Å²) >= 11 is 0. The number of halogens is 1. The fourth-order valence-corrected chi connectivity index (χ4v) is 4.60. The molecule has 2 fully saturated rings. The standard InChI is InChI=1S/C19H26N2O3.ClH/c1-11(12-5-6-16-17(9-12)24-10-23-16)21-19(22)15-7-13-3-2-4-14(8-15)18(13)20;/h5-6,9,11,13-15,18H,2-4,7-8,10,20H2,1H3,(H,21,22);1H. The number of benzene rings is 1. The third-order valence-electron chi connectivity index (χ3n) is 6.04. The summed E-state index contributed by atoms with van der Waals surface area (Å²) < 4.78 is 10.8. The molecule has 2 aliphatic carbocycles. The molecule has 3 unspecified atom stereocenters. The fourth-order valence-electron chi connectivity index (χ4n) is 4.60. The van der Waals surface area contributed by atoms with E-state index in [1.165, 1.54) is 19.3 Å². The second-order valence-electron chi connectivity index (χ2n) is 7.54. The molecule has 2 bridgehead atoms. The van der Waals surface area contributed by atoms with Gasteiger partial charge in [0.25, 0.3) is 0 Å². The molecule has 3 N–H and O–H groups in total. The van der Waals surface area contributed by atoms with Crippen molar-refractivity contribution < 1.29 is 14.3 Å². The van der Waals surface area contributed by atoms with Crippen LogP contribution in [0, 0.1) is 17.8 Å². The summed E-state index contributed by atoms with van der Waals surface area (Å²) in [6.07, 6.45) is 5.51. The number of ether oxygens (including phenoxy) is 2. The van der Waals surface area contributed by atoms with Gasteiger partial charge in [0.05, 0.1) is 6.04 Å². The SMILES string of the molecule is CC(NC(=O)C1CC2CCCC(C1)C2N)c1ccc2c(c1)OCO2.Cl. The van der Waals surface area contributed by atoms with E-state index in [9.17, 15) is 4.79 Å². The molecule has 0 saturated heterocycles. The molecular formula is C19H27ClN2O3. The average Bonchev–Trinajstić information content (AvgIpc) is 3.01. The van der Waals surface area contributed by atoms with Gasteiger partial charge < -0.3 is 20.5 Å². The number of fused-ring (bicyclic) bond motifs is 3. The smallest absolute Gasteiger partial charge is 0.231 e. The van der Waals surface area contributed by atoms with Crippen LogP contribution in [-0.4, -0.2) is 18.7 Å². The molecule has 0 aromatic heterocycles. The van der Waals surface area contributed by atoms with Crippen LogP contribution < -0.4 is 20.5 Å². The summed E-state index contributed by atoms with van der Waals surface area (Å²) in [6, 6.07) is 6.11. The predicted octanol–water partition coefficient (Wildman–Crippen LogP) is 3.17. The van der Waals surface area contributed by atoms with Crippen LogP contribution in [0.25, 0.3) is 0 Å². The first-order valence-corrected chi connectivity index (χ1v) is 9.07. The minimum absolute atomic E-state index is 0.